The van der Waals surface area contributed by atoms with Gasteiger partial charge in [-0.3, -0.25) is 0 Å². The predicted octanol–water partition coefficient (Wildman–Crippen LogP) is -1.39. The van der Waals surface area contributed by atoms with Crippen LogP contribution in [0.1, 0.15) is 0 Å². The monoisotopic (exact) mass is 219 g/mol. The van der Waals surface area contributed by atoms with Gasteiger partial charge in [0, 0.05) is 0 Å². The van der Waals surface area contributed by atoms with E-state index in [0.717, 1.165) is 0 Å². The largest absolute Gasteiger partial charge is 0.392 e. The first-order valence-corrected chi connectivity index (χ1v) is 6.60. The van der Waals surface area contributed by atoms with Crippen LogP contribution in [0.3, 0.4) is 0 Å². The third-order valence-electron chi connectivity index (χ3n) is 1.20. The molecule has 0 amide bonds. The van der Waals surface area contributed by atoms with Gasteiger partial charge in [0.15, 0.2) is 25.4 Å². The van der Waals surface area contributed by atoms with Crippen LogP contribution in [-0.4, -0.2) is 57.3 Å². The first-order chi connectivity index (χ1) is 5.66. The van der Waals surface area contributed by atoms with E-state index in [2.05, 4.69) is 9.24 Å². The average Bonchev–Trinajstić information content (AvgIpc) is 2.11. The molecule has 1 atom stereocenters. The van der Waals surface area contributed by atoms with Gasteiger partial charge in [0.25, 0.3) is 0 Å². The smallest absolute Gasteiger partial charge is 0.161 e. The summed E-state index contributed by atoms with van der Waals surface area (Å²) in [7, 11) is -0.0633. The molecule has 0 aromatic rings. The van der Waals surface area contributed by atoms with Crippen molar-refractivity contribution in [2.24, 2.45) is 0 Å². The lowest BCUT2D eigenvalue weighted by atomic mass is 11.6. The van der Waals surface area contributed by atoms with Crippen molar-refractivity contribution in [3.05, 3.63) is 0 Å². The topological polar surface area (TPSA) is 101 Å². The first kappa shape index (κ1) is 15.1. The Labute approximate surface area is 74.6 Å². The minimum Gasteiger partial charge on any atom is -0.392 e. The molecule has 0 aromatic heterocycles. The molecule has 0 bridgehead atoms. The van der Waals surface area contributed by atoms with E-state index in [0.29, 0.717) is 0 Å². The standard InChI is InChI=1S/C4H12O4P.CH5OP/c5-1-9(2-6,3-7)4-8;2-1-3/h5-8H,1-4H2;2H,1,3H2/q+1;. The van der Waals surface area contributed by atoms with Gasteiger partial charge in [-0.2, -0.15) is 0 Å². The van der Waals surface area contributed by atoms with Crippen LogP contribution in [0.25, 0.3) is 0 Å². The number of hydrogen-bond acceptors (Lipinski definition) is 5. The summed E-state index contributed by atoms with van der Waals surface area (Å²) in [4.78, 5) is 0. The van der Waals surface area contributed by atoms with Crippen molar-refractivity contribution in [1.82, 2.24) is 0 Å². The van der Waals surface area contributed by atoms with Gasteiger partial charge in [0.05, 0.1) is 6.35 Å². The van der Waals surface area contributed by atoms with Gasteiger partial charge in [0.1, 0.15) is 7.26 Å². The van der Waals surface area contributed by atoms with Gasteiger partial charge in [0.2, 0.25) is 0 Å². The molecule has 76 valence electrons. The van der Waals surface area contributed by atoms with Crippen molar-refractivity contribution in [1.29, 1.82) is 0 Å². The Balaban J connectivity index is 0. The average molecular weight is 219 g/mol. The molecular formula is C5H17O5P2+. The SMILES string of the molecule is OCP.OC[P+](CO)(CO)CO. The third kappa shape index (κ3) is 6.21. The molecule has 0 aromatic carbocycles. The molecule has 0 spiro atoms. The molecule has 7 heteroatoms. The van der Waals surface area contributed by atoms with E-state index in [9.17, 15) is 0 Å². The quantitative estimate of drug-likeness (QED) is 0.375. The maximum Gasteiger partial charge on any atom is 0.161 e. The van der Waals surface area contributed by atoms with Crippen LogP contribution >= 0.6 is 16.5 Å². The number of aliphatic hydroxyl groups excluding tert-OH is 5. The van der Waals surface area contributed by atoms with E-state index in [1.165, 1.54) is 0 Å². The maximum absolute atomic E-state index is 8.55. The fraction of sp³-hybridized carbons (Fsp3) is 1.00. The highest BCUT2D eigenvalue weighted by Crippen LogP contribution is 2.54. The van der Waals surface area contributed by atoms with Crippen molar-refractivity contribution in [3.8, 4) is 0 Å². The predicted molar refractivity (Wildman–Crippen MR) is 52.1 cm³/mol. The van der Waals surface area contributed by atoms with Crippen molar-refractivity contribution in [3.63, 3.8) is 0 Å². The van der Waals surface area contributed by atoms with Gasteiger partial charge in [-0.25, -0.2) is 0 Å². The van der Waals surface area contributed by atoms with E-state index in [1.54, 1.807) is 0 Å². The first-order valence-electron chi connectivity index (χ1n) is 3.25. The van der Waals surface area contributed by atoms with Gasteiger partial charge in [-0.1, -0.05) is 0 Å². The van der Waals surface area contributed by atoms with Gasteiger partial charge in [-0.15, -0.1) is 9.24 Å². The minimum absolute atomic E-state index is 0.167. The van der Waals surface area contributed by atoms with Crippen LogP contribution in [0, 0.1) is 0 Å². The zero-order chi connectivity index (χ0) is 10.0. The summed E-state index contributed by atoms with van der Waals surface area (Å²) in [6.07, 6.45) is -1.01. The Morgan fingerprint density at radius 3 is 0.917 bits per heavy atom. The molecule has 12 heavy (non-hydrogen) atoms. The number of rotatable bonds is 4. The molecule has 0 heterocycles. The molecule has 0 aliphatic rings. The number of aliphatic hydroxyl groups is 5. The lowest BCUT2D eigenvalue weighted by Gasteiger charge is -2.15. The normalized spacial score (nSPS) is 10.5. The summed E-state index contributed by atoms with van der Waals surface area (Å²) < 4.78 is 0. The molecule has 5 N–H and O–H groups in total. The van der Waals surface area contributed by atoms with Crippen LogP contribution in [0.4, 0.5) is 0 Å². The van der Waals surface area contributed by atoms with Crippen molar-refractivity contribution < 1.29 is 25.5 Å². The molecule has 0 rings (SSSR count). The molecule has 0 saturated heterocycles. The van der Waals surface area contributed by atoms with Gasteiger partial charge < -0.3 is 25.5 Å². The van der Waals surface area contributed by atoms with Crippen LogP contribution in [-0.2, 0) is 0 Å². The third-order valence-corrected chi connectivity index (χ3v) is 3.60. The van der Waals surface area contributed by atoms with E-state index in [4.69, 9.17) is 25.5 Å². The van der Waals surface area contributed by atoms with Crippen molar-refractivity contribution in [2.45, 2.75) is 0 Å². The van der Waals surface area contributed by atoms with Crippen molar-refractivity contribution >= 4 is 16.5 Å². The fourth-order valence-electron chi connectivity index (χ4n) is 0.268. The second-order valence-electron chi connectivity index (χ2n) is 2.09. The van der Waals surface area contributed by atoms with E-state index in [1.807, 2.05) is 0 Å². The highest BCUT2D eigenvalue weighted by atomic mass is 31.2. The second kappa shape index (κ2) is 9.75. The van der Waals surface area contributed by atoms with E-state index in [-0.39, 0.29) is 31.7 Å². The summed E-state index contributed by atoms with van der Waals surface area (Å²) in [6, 6.07) is 0. The lowest BCUT2D eigenvalue weighted by molar-refractivity contribution is 0.288. The van der Waals surface area contributed by atoms with Crippen LogP contribution in [0.5, 0.6) is 0 Å². The summed E-state index contributed by atoms with van der Waals surface area (Å²) in [5.41, 5.74) is 0. The zero-order valence-corrected chi connectivity index (χ0v) is 8.85. The Morgan fingerprint density at radius 1 is 0.750 bits per heavy atom. The molecular weight excluding hydrogens is 202 g/mol. The fourth-order valence-corrected chi connectivity index (χ4v) is 0.805. The molecule has 0 saturated carbocycles. The van der Waals surface area contributed by atoms with Gasteiger partial charge in [-0.05, 0) is 0 Å². The molecule has 0 aliphatic heterocycles. The summed E-state index contributed by atoms with van der Waals surface area (Å²) in [6.45, 7) is 0. The number of hydrogen-bond donors (Lipinski definition) is 5. The molecule has 0 fully saturated rings. The lowest BCUT2D eigenvalue weighted by Crippen LogP contribution is -2.10. The van der Waals surface area contributed by atoms with Crippen LogP contribution in [0.15, 0.2) is 0 Å². The maximum atomic E-state index is 8.55. The molecule has 5 nitrogen and oxygen atoms in total. The Morgan fingerprint density at radius 2 is 0.917 bits per heavy atom. The van der Waals surface area contributed by atoms with Crippen molar-refractivity contribution in [2.75, 3.05) is 31.7 Å². The minimum atomic E-state index is -2.20. The van der Waals surface area contributed by atoms with E-state index < -0.39 is 7.26 Å². The van der Waals surface area contributed by atoms with Gasteiger partial charge >= 0.3 is 0 Å². The van der Waals surface area contributed by atoms with E-state index >= 15 is 0 Å². The molecule has 1 unspecified atom stereocenters. The zero-order valence-electron chi connectivity index (χ0n) is 6.80. The summed E-state index contributed by atoms with van der Waals surface area (Å²) in [5, 5.41) is 41.7. The van der Waals surface area contributed by atoms with Crippen LogP contribution < -0.4 is 0 Å². The molecule has 0 radical (unpaired) electrons. The Hall–Kier alpha value is 0.660. The Bertz CT molecular complexity index is 70.4. The molecule has 0 aliphatic carbocycles. The Kier molecular flexibility index (Phi) is 12.3. The second-order valence-corrected chi connectivity index (χ2v) is 6.27. The highest BCUT2D eigenvalue weighted by Gasteiger charge is 2.34. The summed E-state index contributed by atoms with van der Waals surface area (Å²) >= 11 is 0. The van der Waals surface area contributed by atoms with Crippen LogP contribution in [0.2, 0.25) is 0 Å². The highest BCUT2D eigenvalue weighted by molar-refractivity contribution is 7.75. The summed E-state index contributed by atoms with van der Waals surface area (Å²) in [5.74, 6) is 0.